The smallest absolute Gasteiger partial charge is 0.169 e. The van der Waals surface area contributed by atoms with Crippen LogP contribution in [0.1, 0.15) is 0 Å². The van der Waals surface area contributed by atoms with Gasteiger partial charge < -0.3 is 15.2 Å². The number of hydrogen-bond acceptors (Lipinski definition) is 5. The second-order valence-electron chi connectivity index (χ2n) is 3.18. The molecule has 0 amide bonds. The van der Waals surface area contributed by atoms with E-state index in [2.05, 4.69) is 19.5 Å². The number of anilines is 1. The van der Waals surface area contributed by atoms with Crippen molar-refractivity contribution in [2.24, 2.45) is 9.98 Å². The van der Waals surface area contributed by atoms with Gasteiger partial charge in [0.15, 0.2) is 12.8 Å². The van der Waals surface area contributed by atoms with E-state index >= 15 is 0 Å². The van der Waals surface area contributed by atoms with Gasteiger partial charge in [-0.05, 0) is 12.1 Å². The average molecular weight is 235 g/mol. The van der Waals surface area contributed by atoms with Crippen molar-refractivity contribution in [3.05, 3.63) is 30.3 Å². The van der Waals surface area contributed by atoms with Crippen molar-refractivity contribution < 1.29 is 9.47 Å². The molecule has 0 atom stereocenters. The highest BCUT2D eigenvalue weighted by molar-refractivity contribution is 5.48. The van der Waals surface area contributed by atoms with Gasteiger partial charge in [0.25, 0.3) is 0 Å². The highest BCUT2D eigenvalue weighted by Gasteiger charge is 1.85. The van der Waals surface area contributed by atoms with Crippen molar-refractivity contribution in [1.82, 2.24) is 0 Å². The van der Waals surface area contributed by atoms with Crippen LogP contribution in [0.15, 0.2) is 40.3 Å². The SMILES string of the molecule is C1=NCCO1.C1=NCCO1.Nc1ccccc1. The molecule has 2 aliphatic heterocycles. The molecule has 0 aromatic heterocycles. The zero-order chi connectivity index (χ0) is 12.2. The number of benzene rings is 1. The number of aliphatic imine (C=N–C) groups is 2. The van der Waals surface area contributed by atoms with Gasteiger partial charge in [-0.3, -0.25) is 9.98 Å². The number of rotatable bonds is 0. The third-order valence-electron chi connectivity index (χ3n) is 1.77. The molecule has 0 radical (unpaired) electrons. The highest BCUT2D eigenvalue weighted by Crippen LogP contribution is 1.95. The number of nitrogens with zero attached hydrogens (tertiary/aromatic N) is 2. The molecule has 1 aromatic rings. The van der Waals surface area contributed by atoms with Crippen LogP contribution in [-0.4, -0.2) is 39.1 Å². The summed E-state index contributed by atoms with van der Waals surface area (Å²) in [5, 5.41) is 0. The largest absolute Gasteiger partial charge is 0.482 e. The van der Waals surface area contributed by atoms with Gasteiger partial charge in [-0.2, -0.15) is 0 Å². The van der Waals surface area contributed by atoms with Crippen molar-refractivity contribution in [2.45, 2.75) is 0 Å². The molecule has 17 heavy (non-hydrogen) atoms. The molecule has 0 aliphatic carbocycles. The second kappa shape index (κ2) is 9.21. The van der Waals surface area contributed by atoms with Gasteiger partial charge in [-0.15, -0.1) is 0 Å². The summed E-state index contributed by atoms with van der Waals surface area (Å²) < 4.78 is 9.31. The third-order valence-corrected chi connectivity index (χ3v) is 1.77. The molecule has 0 saturated carbocycles. The van der Waals surface area contributed by atoms with Gasteiger partial charge in [0.1, 0.15) is 13.2 Å². The summed E-state index contributed by atoms with van der Waals surface area (Å²) in [7, 11) is 0. The molecule has 5 nitrogen and oxygen atoms in total. The molecular weight excluding hydrogens is 218 g/mol. The monoisotopic (exact) mass is 235 g/mol. The van der Waals surface area contributed by atoms with Gasteiger partial charge in [0.2, 0.25) is 0 Å². The van der Waals surface area contributed by atoms with Crippen molar-refractivity contribution >= 4 is 18.5 Å². The molecule has 3 rings (SSSR count). The van der Waals surface area contributed by atoms with Gasteiger partial charge in [0.05, 0.1) is 13.1 Å². The number of ether oxygens (including phenoxy) is 2. The van der Waals surface area contributed by atoms with Gasteiger partial charge in [-0.25, -0.2) is 0 Å². The summed E-state index contributed by atoms with van der Waals surface area (Å²) in [6.07, 6.45) is 2.97. The topological polar surface area (TPSA) is 69.2 Å². The standard InChI is InChI=1S/C6H7N.2C3H5NO/c7-6-4-2-1-3-5-6;2*1-2-5-3-4-1/h1-5H,7H2;2*3H,1-2H2. The third kappa shape index (κ3) is 7.84. The van der Waals surface area contributed by atoms with E-state index in [0.29, 0.717) is 0 Å². The molecule has 5 heteroatoms. The minimum absolute atomic E-state index is 0.778. The molecular formula is C12H17N3O2. The molecule has 0 unspecified atom stereocenters. The minimum Gasteiger partial charge on any atom is -0.482 e. The fraction of sp³-hybridized carbons (Fsp3) is 0.333. The van der Waals surface area contributed by atoms with E-state index in [1.54, 1.807) is 0 Å². The van der Waals surface area contributed by atoms with Crippen LogP contribution in [0.3, 0.4) is 0 Å². The quantitative estimate of drug-likeness (QED) is 0.690. The molecule has 0 saturated heterocycles. The van der Waals surface area contributed by atoms with Crippen LogP contribution in [-0.2, 0) is 9.47 Å². The predicted octanol–water partition coefficient (Wildman–Crippen LogP) is 1.36. The van der Waals surface area contributed by atoms with Crippen molar-refractivity contribution in [3.8, 4) is 0 Å². The first-order chi connectivity index (χ1) is 8.39. The van der Waals surface area contributed by atoms with E-state index < -0.39 is 0 Å². The molecule has 0 spiro atoms. The van der Waals surface area contributed by atoms with E-state index in [4.69, 9.17) is 5.73 Å². The van der Waals surface area contributed by atoms with E-state index in [-0.39, 0.29) is 0 Å². The number of para-hydroxylation sites is 1. The van der Waals surface area contributed by atoms with Crippen LogP contribution in [0.25, 0.3) is 0 Å². The van der Waals surface area contributed by atoms with Crippen molar-refractivity contribution in [2.75, 3.05) is 32.0 Å². The predicted molar refractivity (Wildman–Crippen MR) is 69.5 cm³/mol. The van der Waals surface area contributed by atoms with E-state index in [1.165, 1.54) is 12.8 Å². The molecule has 1 aromatic carbocycles. The number of nitrogen functional groups attached to an aromatic ring is 1. The van der Waals surface area contributed by atoms with Crippen LogP contribution in [0, 0.1) is 0 Å². The zero-order valence-electron chi connectivity index (χ0n) is 9.66. The van der Waals surface area contributed by atoms with Crippen LogP contribution in [0.5, 0.6) is 0 Å². The Morgan fingerprint density at radius 1 is 0.882 bits per heavy atom. The summed E-state index contributed by atoms with van der Waals surface area (Å²) in [6.45, 7) is 3.25. The first-order valence-electron chi connectivity index (χ1n) is 5.40. The Morgan fingerprint density at radius 3 is 1.59 bits per heavy atom. The van der Waals surface area contributed by atoms with E-state index in [9.17, 15) is 0 Å². The summed E-state index contributed by atoms with van der Waals surface area (Å²) >= 11 is 0. The normalized spacial score (nSPS) is 14.8. The van der Waals surface area contributed by atoms with Gasteiger partial charge in [0, 0.05) is 5.69 Å². The maximum absolute atomic E-state index is 5.36. The number of hydrogen-bond donors (Lipinski definition) is 1. The Kier molecular flexibility index (Phi) is 7.05. The molecule has 0 fully saturated rings. The first-order valence-corrected chi connectivity index (χ1v) is 5.40. The maximum Gasteiger partial charge on any atom is 0.169 e. The fourth-order valence-electron chi connectivity index (χ4n) is 0.980. The average Bonchev–Trinajstić information content (AvgIpc) is 3.09. The van der Waals surface area contributed by atoms with Crippen molar-refractivity contribution in [1.29, 1.82) is 0 Å². The lowest BCUT2D eigenvalue weighted by atomic mass is 10.3. The molecule has 0 bridgehead atoms. The fourth-order valence-corrected chi connectivity index (χ4v) is 0.980. The highest BCUT2D eigenvalue weighted by atomic mass is 16.5. The summed E-state index contributed by atoms with van der Waals surface area (Å²) in [5.74, 6) is 0. The molecule has 92 valence electrons. The van der Waals surface area contributed by atoms with Crippen LogP contribution in [0.4, 0.5) is 5.69 Å². The molecule has 2 N–H and O–H groups in total. The minimum atomic E-state index is 0.778. The zero-order valence-corrected chi connectivity index (χ0v) is 9.66. The van der Waals surface area contributed by atoms with Crippen LogP contribution < -0.4 is 5.73 Å². The van der Waals surface area contributed by atoms with Crippen LogP contribution in [0.2, 0.25) is 0 Å². The Hall–Kier alpha value is -2.04. The lowest BCUT2D eigenvalue weighted by Gasteiger charge is -1.83. The Labute approximate surface area is 101 Å². The van der Waals surface area contributed by atoms with Crippen molar-refractivity contribution in [3.63, 3.8) is 0 Å². The summed E-state index contributed by atoms with van der Waals surface area (Å²) in [4.78, 5) is 7.47. The van der Waals surface area contributed by atoms with E-state index in [0.717, 1.165) is 32.0 Å². The first kappa shape index (κ1) is 13.0. The second-order valence-corrected chi connectivity index (χ2v) is 3.18. The number of nitrogens with two attached hydrogens (primary N) is 1. The summed E-state index contributed by atoms with van der Waals surface area (Å²) in [6, 6.07) is 9.49. The van der Waals surface area contributed by atoms with Gasteiger partial charge >= 0.3 is 0 Å². The maximum atomic E-state index is 5.36. The summed E-state index contributed by atoms with van der Waals surface area (Å²) in [5.41, 5.74) is 6.18. The lowest BCUT2D eigenvalue weighted by Crippen LogP contribution is -1.80. The van der Waals surface area contributed by atoms with Crippen LogP contribution >= 0.6 is 0 Å². The van der Waals surface area contributed by atoms with Gasteiger partial charge in [-0.1, -0.05) is 18.2 Å². The van der Waals surface area contributed by atoms with E-state index in [1.807, 2.05) is 30.3 Å². The Balaban J connectivity index is 0.000000130. The lowest BCUT2D eigenvalue weighted by molar-refractivity contribution is 0.361. The Bertz CT molecular complexity index is 311. The Morgan fingerprint density at radius 2 is 1.41 bits per heavy atom. The molecule has 2 aliphatic rings. The molecule has 2 heterocycles.